The topological polar surface area (TPSA) is 15.6 Å². The molecule has 0 spiro atoms. The average molecular weight is 891 g/mol. The van der Waals surface area contributed by atoms with Gasteiger partial charge in [0, 0.05) is 59.4 Å². The SMILES string of the molecule is CC1C=C(c2cccc(/C3=C/C(c4ccccc4)=N/C(C4=CC=C(C5c6sc7ccccc7c6C6=C(N5C)C(C)(c5ccccc5)CC=C6)C(C)C4)=C\CC3)c2)c2sc3ccccc3c2C1. The van der Waals surface area contributed by atoms with Gasteiger partial charge in [-0.2, -0.15) is 0 Å². The molecular formula is C62H54N2S2. The summed E-state index contributed by atoms with van der Waals surface area (Å²) in [6, 6.07) is 49.4. The fourth-order valence-electron chi connectivity index (χ4n) is 11.7. The highest BCUT2D eigenvalue weighted by Gasteiger charge is 2.45. The van der Waals surface area contributed by atoms with Crippen molar-refractivity contribution in [2.45, 2.75) is 64.3 Å². The van der Waals surface area contributed by atoms with Gasteiger partial charge < -0.3 is 4.90 Å². The zero-order valence-electron chi connectivity index (χ0n) is 38.2. The number of benzene rings is 5. The van der Waals surface area contributed by atoms with Crippen molar-refractivity contribution < 1.29 is 0 Å². The van der Waals surface area contributed by atoms with Gasteiger partial charge in [0.2, 0.25) is 0 Å². The molecule has 7 aromatic rings. The molecule has 2 nitrogen and oxygen atoms in total. The summed E-state index contributed by atoms with van der Waals surface area (Å²) in [7, 11) is 2.36. The molecular weight excluding hydrogens is 837 g/mol. The van der Waals surface area contributed by atoms with Crippen LogP contribution in [-0.2, 0) is 11.8 Å². The van der Waals surface area contributed by atoms with Crippen LogP contribution in [0.2, 0.25) is 0 Å². The summed E-state index contributed by atoms with van der Waals surface area (Å²) in [5, 5.41) is 2.79. The summed E-state index contributed by atoms with van der Waals surface area (Å²) in [4.78, 5) is 11.2. The van der Waals surface area contributed by atoms with Crippen LogP contribution >= 0.6 is 22.7 Å². The first kappa shape index (κ1) is 41.1. The molecule has 0 radical (unpaired) electrons. The molecule has 4 unspecified atom stereocenters. The molecule has 5 aliphatic rings. The molecule has 66 heavy (non-hydrogen) atoms. The van der Waals surface area contributed by atoms with Gasteiger partial charge in [-0.1, -0.05) is 166 Å². The quantitative estimate of drug-likeness (QED) is 0.162. The van der Waals surface area contributed by atoms with Crippen LogP contribution < -0.4 is 0 Å². The number of aliphatic imine (C=N–C) groups is 1. The minimum absolute atomic E-state index is 0.146. The zero-order valence-corrected chi connectivity index (χ0v) is 39.9. The van der Waals surface area contributed by atoms with Gasteiger partial charge in [-0.25, -0.2) is 4.99 Å². The van der Waals surface area contributed by atoms with Crippen LogP contribution in [0.1, 0.15) is 95.6 Å². The maximum absolute atomic E-state index is 5.61. The molecule has 324 valence electrons. The molecule has 3 aliphatic carbocycles. The number of likely N-dealkylation sites (N-methyl/N-ethyl adjacent to an activating group) is 1. The van der Waals surface area contributed by atoms with E-state index in [-0.39, 0.29) is 11.5 Å². The lowest BCUT2D eigenvalue weighted by Crippen LogP contribution is -2.41. The molecule has 4 heteroatoms. The van der Waals surface area contributed by atoms with Gasteiger partial charge in [-0.15, -0.1) is 22.7 Å². The fourth-order valence-corrected chi connectivity index (χ4v) is 14.4. The molecule has 2 aliphatic heterocycles. The van der Waals surface area contributed by atoms with Crippen molar-refractivity contribution in [2.24, 2.45) is 16.8 Å². The maximum atomic E-state index is 5.61. The van der Waals surface area contributed by atoms with E-state index < -0.39 is 0 Å². The van der Waals surface area contributed by atoms with E-state index in [1.165, 1.54) is 91.3 Å². The minimum atomic E-state index is -0.146. The van der Waals surface area contributed by atoms with E-state index in [9.17, 15) is 0 Å². The first-order valence-corrected chi connectivity index (χ1v) is 25.5. The molecule has 2 aromatic heterocycles. The lowest BCUT2D eigenvalue weighted by molar-refractivity contribution is 0.273. The van der Waals surface area contributed by atoms with Crippen molar-refractivity contribution in [3.05, 3.63) is 242 Å². The van der Waals surface area contributed by atoms with Crippen molar-refractivity contribution in [1.82, 2.24) is 4.90 Å². The first-order valence-electron chi connectivity index (χ1n) is 23.8. The van der Waals surface area contributed by atoms with Crippen LogP contribution in [0.25, 0.3) is 36.9 Å². The van der Waals surface area contributed by atoms with E-state index >= 15 is 0 Å². The van der Waals surface area contributed by atoms with Gasteiger partial charge >= 0.3 is 0 Å². The lowest BCUT2D eigenvalue weighted by Gasteiger charge is -2.48. The number of fused-ring (bicyclic) bond motifs is 7. The number of allylic oxidation sites excluding steroid dienone is 11. The highest BCUT2D eigenvalue weighted by atomic mass is 32.1. The first-order chi connectivity index (χ1) is 32.3. The van der Waals surface area contributed by atoms with Crippen molar-refractivity contribution in [2.75, 3.05) is 7.05 Å². The van der Waals surface area contributed by atoms with Crippen LogP contribution in [-0.4, -0.2) is 17.7 Å². The van der Waals surface area contributed by atoms with Gasteiger partial charge in [0.15, 0.2) is 0 Å². The molecule has 0 N–H and O–H groups in total. The maximum Gasteiger partial charge on any atom is 0.0854 e. The molecule has 12 rings (SSSR count). The largest absolute Gasteiger partial charge is 0.365 e. The Hall–Kier alpha value is -6.33. The molecule has 0 amide bonds. The summed E-state index contributed by atoms with van der Waals surface area (Å²) >= 11 is 3.93. The monoisotopic (exact) mass is 890 g/mol. The Kier molecular flexibility index (Phi) is 10.3. The van der Waals surface area contributed by atoms with Crippen molar-refractivity contribution in [1.29, 1.82) is 0 Å². The summed E-state index contributed by atoms with van der Waals surface area (Å²) in [5.41, 5.74) is 18.3. The van der Waals surface area contributed by atoms with E-state index in [1.54, 1.807) is 0 Å². The predicted molar refractivity (Wildman–Crippen MR) is 283 cm³/mol. The highest BCUT2D eigenvalue weighted by molar-refractivity contribution is 7.20. The van der Waals surface area contributed by atoms with Crippen molar-refractivity contribution >= 4 is 65.3 Å². The van der Waals surface area contributed by atoms with E-state index in [0.29, 0.717) is 11.8 Å². The van der Waals surface area contributed by atoms with E-state index in [4.69, 9.17) is 4.99 Å². The van der Waals surface area contributed by atoms with Crippen LogP contribution in [0.5, 0.6) is 0 Å². The van der Waals surface area contributed by atoms with E-state index in [1.807, 2.05) is 22.7 Å². The van der Waals surface area contributed by atoms with Gasteiger partial charge in [-0.3, -0.25) is 0 Å². The van der Waals surface area contributed by atoms with Crippen LogP contribution in [0.3, 0.4) is 0 Å². The number of nitrogens with zero attached hydrogens (tertiary/aromatic N) is 2. The van der Waals surface area contributed by atoms with Crippen molar-refractivity contribution in [3.8, 4) is 0 Å². The average Bonchev–Trinajstić information content (AvgIpc) is 3.91. The van der Waals surface area contributed by atoms with Gasteiger partial charge in [-0.05, 0) is 125 Å². The summed E-state index contributed by atoms with van der Waals surface area (Å²) in [6.45, 7) is 7.27. The number of hydrogen-bond donors (Lipinski definition) is 0. The lowest BCUT2D eigenvalue weighted by atomic mass is 9.68. The van der Waals surface area contributed by atoms with Gasteiger partial charge in [0.1, 0.15) is 0 Å². The molecule has 4 atom stereocenters. The summed E-state index contributed by atoms with van der Waals surface area (Å²) < 4.78 is 2.75. The Morgan fingerprint density at radius 1 is 0.712 bits per heavy atom. The predicted octanol–water partition coefficient (Wildman–Crippen LogP) is 16.5. The Bertz CT molecular complexity index is 3340. The molecule has 0 bridgehead atoms. The molecule has 0 saturated carbocycles. The molecule has 5 aromatic carbocycles. The van der Waals surface area contributed by atoms with Crippen molar-refractivity contribution in [3.63, 3.8) is 0 Å². The Morgan fingerprint density at radius 3 is 2.23 bits per heavy atom. The van der Waals surface area contributed by atoms with Crippen LogP contribution in [0.4, 0.5) is 0 Å². The fraction of sp³-hybridized carbons (Fsp3) is 0.210. The molecule has 0 saturated heterocycles. The van der Waals surface area contributed by atoms with Gasteiger partial charge in [0.25, 0.3) is 0 Å². The second kappa shape index (κ2) is 16.5. The third kappa shape index (κ3) is 6.91. The Balaban J connectivity index is 0.916. The third-order valence-corrected chi connectivity index (χ3v) is 17.4. The standard InChI is InChI=1S/C62H54N2S2/c1-39-34-51(59-52(35-39)48-25-11-13-29-55(48)65-59)44-22-15-20-42(37-44)43-21-16-28-53(63-54(38-43)41-18-7-5-8-19-41)45-31-32-47(40(2)36-45)58-60-57(49-26-12-14-30-56(49)66-60)50-27-17-33-62(3,61(50)64(58)4)46-23-9-6-10-24-46/h5-15,17-20,22-32,34,37-40,58H,16,21,33,35-36H2,1-4H3/b43-38+,53-28-,63-54-. The smallest absolute Gasteiger partial charge is 0.0854 e. The molecule has 0 fully saturated rings. The summed E-state index contributed by atoms with van der Waals surface area (Å²) in [6.07, 6.45) is 21.9. The Labute approximate surface area is 397 Å². The van der Waals surface area contributed by atoms with E-state index in [2.05, 4.69) is 209 Å². The second-order valence-corrected chi connectivity index (χ2v) is 21.4. The zero-order chi connectivity index (χ0) is 44.5. The molecule has 4 heterocycles. The van der Waals surface area contributed by atoms with Crippen LogP contribution in [0, 0.1) is 11.8 Å². The number of hydrogen-bond acceptors (Lipinski definition) is 4. The number of thiophene rings is 2. The minimum Gasteiger partial charge on any atom is -0.365 e. The second-order valence-electron chi connectivity index (χ2n) is 19.3. The Morgan fingerprint density at radius 2 is 1.42 bits per heavy atom. The van der Waals surface area contributed by atoms with E-state index in [0.717, 1.165) is 49.1 Å². The van der Waals surface area contributed by atoms with Crippen LogP contribution in [0.15, 0.2) is 204 Å². The third-order valence-electron chi connectivity index (χ3n) is 14.9. The highest BCUT2D eigenvalue weighted by Crippen LogP contribution is 2.57. The van der Waals surface area contributed by atoms with Gasteiger partial charge in [0.05, 0.1) is 17.5 Å². The number of rotatable bonds is 6. The summed E-state index contributed by atoms with van der Waals surface area (Å²) in [5.74, 6) is 0.818. The normalized spacial score (nSPS) is 25.2.